The predicted octanol–water partition coefficient (Wildman–Crippen LogP) is 2.36. The van der Waals surface area contributed by atoms with E-state index in [1.165, 1.54) is 6.92 Å². The third-order valence-corrected chi connectivity index (χ3v) is 2.98. The highest BCUT2D eigenvalue weighted by atomic mass is 35.5. The van der Waals surface area contributed by atoms with Gasteiger partial charge in [0.1, 0.15) is 11.1 Å². The molecular formula is C11H10ClF3N2O2. The van der Waals surface area contributed by atoms with Crippen molar-refractivity contribution in [2.75, 3.05) is 13.1 Å². The maximum absolute atomic E-state index is 12.4. The molecular weight excluding hydrogens is 285 g/mol. The second-order valence-electron chi connectivity index (χ2n) is 4.17. The van der Waals surface area contributed by atoms with Gasteiger partial charge in [-0.3, -0.25) is 4.79 Å². The van der Waals surface area contributed by atoms with E-state index < -0.39 is 11.7 Å². The molecule has 0 atom stereocenters. The number of likely N-dealkylation sites (tertiary alicyclic amines) is 1. The fraction of sp³-hybridized carbons (Fsp3) is 0.455. The molecule has 0 bridgehead atoms. The third-order valence-electron chi connectivity index (χ3n) is 2.71. The summed E-state index contributed by atoms with van der Waals surface area (Å²) in [6, 6.07) is 0.769. The molecule has 2 heterocycles. The van der Waals surface area contributed by atoms with Crippen LogP contribution in [0.1, 0.15) is 12.5 Å². The van der Waals surface area contributed by atoms with Crippen molar-refractivity contribution in [1.82, 2.24) is 9.88 Å². The van der Waals surface area contributed by atoms with E-state index in [2.05, 4.69) is 4.98 Å². The molecule has 2 rings (SSSR count). The fourth-order valence-electron chi connectivity index (χ4n) is 1.59. The summed E-state index contributed by atoms with van der Waals surface area (Å²) in [7, 11) is 0. The highest BCUT2D eigenvalue weighted by Gasteiger charge is 2.33. The number of nitrogens with zero attached hydrogens (tertiary/aromatic N) is 2. The molecule has 1 saturated heterocycles. The fourth-order valence-corrected chi connectivity index (χ4v) is 1.81. The highest BCUT2D eigenvalue weighted by molar-refractivity contribution is 6.31. The molecule has 0 spiro atoms. The number of pyridine rings is 1. The van der Waals surface area contributed by atoms with E-state index in [1.54, 1.807) is 4.90 Å². The van der Waals surface area contributed by atoms with Crippen LogP contribution in [0.3, 0.4) is 0 Å². The molecule has 1 aliphatic heterocycles. The van der Waals surface area contributed by atoms with Crippen LogP contribution in [-0.2, 0) is 11.0 Å². The number of ether oxygens (including phenoxy) is 1. The lowest BCUT2D eigenvalue weighted by atomic mass is 10.1. The Balaban J connectivity index is 2.01. The number of amides is 1. The Morgan fingerprint density at radius 1 is 1.53 bits per heavy atom. The van der Waals surface area contributed by atoms with Gasteiger partial charge in [0.25, 0.3) is 0 Å². The van der Waals surface area contributed by atoms with E-state index in [4.69, 9.17) is 16.3 Å². The van der Waals surface area contributed by atoms with Crippen LogP contribution >= 0.6 is 11.6 Å². The molecule has 0 aliphatic carbocycles. The van der Waals surface area contributed by atoms with Crippen molar-refractivity contribution in [2.45, 2.75) is 19.2 Å². The zero-order valence-corrected chi connectivity index (χ0v) is 10.6. The molecule has 0 radical (unpaired) electrons. The minimum absolute atomic E-state index is 0.0529. The van der Waals surface area contributed by atoms with Crippen molar-refractivity contribution in [2.24, 2.45) is 0 Å². The minimum atomic E-state index is -4.49. The standard InChI is InChI=1S/C11H10ClF3N2O2/c1-6(18)17-4-8(5-17)19-10-9(12)2-7(3-16-10)11(13,14)15/h2-3,8H,4-5H2,1H3. The van der Waals surface area contributed by atoms with Crippen LogP contribution in [0.5, 0.6) is 5.88 Å². The van der Waals surface area contributed by atoms with Crippen molar-refractivity contribution in [3.05, 3.63) is 22.8 Å². The Hall–Kier alpha value is -1.50. The van der Waals surface area contributed by atoms with E-state index in [1.807, 2.05) is 0 Å². The highest BCUT2D eigenvalue weighted by Crippen LogP contribution is 2.33. The van der Waals surface area contributed by atoms with Gasteiger partial charge in [0.15, 0.2) is 0 Å². The summed E-state index contributed by atoms with van der Waals surface area (Å²) >= 11 is 5.69. The van der Waals surface area contributed by atoms with Gasteiger partial charge in [-0.25, -0.2) is 4.98 Å². The maximum Gasteiger partial charge on any atom is 0.417 e. The van der Waals surface area contributed by atoms with Gasteiger partial charge in [0.05, 0.1) is 18.7 Å². The second kappa shape index (κ2) is 4.88. The number of carbonyl (C=O) groups excluding carboxylic acids is 1. The summed E-state index contributed by atoms with van der Waals surface area (Å²) in [6.45, 7) is 2.20. The molecule has 1 fully saturated rings. The SMILES string of the molecule is CC(=O)N1CC(Oc2ncc(C(F)(F)F)cc2Cl)C1. The van der Waals surface area contributed by atoms with E-state index in [-0.39, 0.29) is 22.9 Å². The van der Waals surface area contributed by atoms with Crippen molar-refractivity contribution >= 4 is 17.5 Å². The zero-order valence-electron chi connectivity index (χ0n) is 9.87. The molecule has 1 aromatic rings. The number of alkyl halides is 3. The summed E-state index contributed by atoms with van der Waals surface area (Å²) in [6.07, 6.45) is -4.11. The molecule has 19 heavy (non-hydrogen) atoms. The quantitative estimate of drug-likeness (QED) is 0.841. The van der Waals surface area contributed by atoms with Gasteiger partial charge in [-0.15, -0.1) is 0 Å². The van der Waals surface area contributed by atoms with E-state index in [0.29, 0.717) is 19.3 Å². The number of hydrogen-bond donors (Lipinski definition) is 0. The summed E-state index contributed by atoms with van der Waals surface area (Å²) in [5, 5.41) is -0.198. The van der Waals surface area contributed by atoms with Crippen LogP contribution in [0, 0.1) is 0 Å². The molecule has 1 amide bonds. The van der Waals surface area contributed by atoms with E-state index in [9.17, 15) is 18.0 Å². The summed E-state index contributed by atoms with van der Waals surface area (Å²) in [4.78, 5) is 16.1. The first kappa shape index (κ1) is 13.9. The first-order chi connectivity index (χ1) is 8.77. The average molecular weight is 295 g/mol. The number of rotatable bonds is 2. The van der Waals surface area contributed by atoms with Gasteiger partial charge < -0.3 is 9.64 Å². The molecule has 1 aliphatic rings. The lowest BCUT2D eigenvalue weighted by molar-refractivity contribution is -0.139. The van der Waals surface area contributed by atoms with Crippen LogP contribution < -0.4 is 4.74 Å². The van der Waals surface area contributed by atoms with Gasteiger partial charge in [-0.2, -0.15) is 13.2 Å². The third kappa shape index (κ3) is 3.09. The average Bonchev–Trinajstić information content (AvgIpc) is 2.22. The van der Waals surface area contributed by atoms with E-state index >= 15 is 0 Å². The molecule has 1 aromatic heterocycles. The lowest BCUT2D eigenvalue weighted by Gasteiger charge is -2.38. The molecule has 104 valence electrons. The first-order valence-corrected chi connectivity index (χ1v) is 5.80. The Morgan fingerprint density at radius 2 is 2.16 bits per heavy atom. The molecule has 0 saturated carbocycles. The monoisotopic (exact) mass is 294 g/mol. The van der Waals surface area contributed by atoms with Crippen LogP contribution in [0.2, 0.25) is 5.02 Å². The summed E-state index contributed by atoms with van der Waals surface area (Å²) in [5.41, 5.74) is -0.927. The smallest absolute Gasteiger partial charge is 0.417 e. The number of carbonyl (C=O) groups is 1. The number of aromatic nitrogens is 1. The topological polar surface area (TPSA) is 42.4 Å². The summed E-state index contributed by atoms with van der Waals surface area (Å²) in [5.74, 6) is -0.130. The second-order valence-corrected chi connectivity index (χ2v) is 4.58. The Morgan fingerprint density at radius 3 is 2.63 bits per heavy atom. The van der Waals surface area contributed by atoms with Gasteiger partial charge >= 0.3 is 6.18 Å². The number of hydrogen-bond acceptors (Lipinski definition) is 3. The Labute approximate surface area is 112 Å². The normalized spacial score (nSPS) is 16.2. The van der Waals surface area contributed by atoms with Crippen LogP contribution in [-0.4, -0.2) is 35.0 Å². The van der Waals surface area contributed by atoms with Crippen molar-refractivity contribution in [1.29, 1.82) is 0 Å². The van der Waals surface area contributed by atoms with Gasteiger partial charge in [-0.1, -0.05) is 11.6 Å². The minimum Gasteiger partial charge on any atom is -0.470 e. The van der Waals surface area contributed by atoms with Gasteiger partial charge in [0, 0.05) is 13.1 Å². The zero-order chi connectivity index (χ0) is 14.2. The van der Waals surface area contributed by atoms with Gasteiger partial charge in [-0.05, 0) is 6.07 Å². The number of halogens is 4. The molecule has 0 N–H and O–H groups in total. The first-order valence-electron chi connectivity index (χ1n) is 5.42. The van der Waals surface area contributed by atoms with Crippen LogP contribution in [0.25, 0.3) is 0 Å². The maximum atomic E-state index is 12.4. The molecule has 0 aromatic carbocycles. The van der Waals surface area contributed by atoms with Crippen molar-refractivity contribution in [3.8, 4) is 5.88 Å². The molecule has 8 heteroatoms. The molecule has 0 unspecified atom stereocenters. The lowest BCUT2D eigenvalue weighted by Crippen LogP contribution is -2.55. The largest absolute Gasteiger partial charge is 0.470 e. The Bertz CT molecular complexity index is 501. The van der Waals surface area contributed by atoms with Gasteiger partial charge in [0.2, 0.25) is 11.8 Å². The van der Waals surface area contributed by atoms with Crippen LogP contribution in [0.15, 0.2) is 12.3 Å². The van der Waals surface area contributed by atoms with Crippen molar-refractivity contribution in [3.63, 3.8) is 0 Å². The van der Waals surface area contributed by atoms with E-state index in [0.717, 1.165) is 6.07 Å². The Kier molecular flexibility index (Phi) is 3.58. The molecule has 4 nitrogen and oxygen atoms in total. The van der Waals surface area contributed by atoms with Crippen molar-refractivity contribution < 1.29 is 22.7 Å². The predicted molar refractivity (Wildman–Crippen MR) is 60.9 cm³/mol. The van der Waals surface area contributed by atoms with Crippen LogP contribution in [0.4, 0.5) is 13.2 Å². The summed E-state index contributed by atoms with van der Waals surface area (Å²) < 4.78 is 42.5.